The number of carbonyl (C=O) groups is 1. The Balaban J connectivity index is 3.24. The maximum absolute atomic E-state index is 10.9. The lowest BCUT2D eigenvalue weighted by Gasteiger charge is -2.33. The van der Waals surface area contributed by atoms with Gasteiger partial charge in [-0.3, -0.25) is 4.52 Å². The van der Waals surface area contributed by atoms with Crippen molar-refractivity contribution in [3.8, 4) is 0 Å². The van der Waals surface area contributed by atoms with E-state index in [1.807, 2.05) is 0 Å². The van der Waals surface area contributed by atoms with Crippen LogP contribution in [0.5, 0.6) is 0 Å². The van der Waals surface area contributed by atoms with Gasteiger partial charge in [0.1, 0.15) is 12.2 Å². The van der Waals surface area contributed by atoms with Crippen LogP contribution in [0.25, 0.3) is 0 Å². The molecular weight excluding hydrogens is 267 g/mol. The van der Waals surface area contributed by atoms with Crippen molar-refractivity contribution in [2.75, 3.05) is 0 Å². The molecule has 1 aliphatic carbocycles. The van der Waals surface area contributed by atoms with E-state index in [1.165, 1.54) is 0 Å². The molecule has 5 N–H and O–H groups in total. The van der Waals surface area contributed by atoms with E-state index >= 15 is 0 Å². The Kier molecular flexibility index (Phi) is 4.44. The van der Waals surface area contributed by atoms with Gasteiger partial charge in [-0.05, 0) is 5.57 Å². The fourth-order valence-corrected chi connectivity index (χ4v) is 2.26. The van der Waals surface area contributed by atoms with Crippen LogP contribution in [0.4, 0.5) is 0 Å². The van der Waals surface area contributed by atoms with Crippen molar-refractivity contribution in [3.63, 3.8) is 0 Å². The van der Waals surface area contributed by atoms with Gasteiger partial charge in [-0.1, -0.05) is 12.7 Å². The first kappa shape index (κ1) is 15.0. The Morgan fingerprint density at radius 1 is 1.44 bits per heavy atom. The van der Waals surface area contributed by atoms with Crippen LogP contribution in [0.1, 0.15) is 6.42 Å². The molecule has 0 radical (unpaired) electrons. The first-order valence-electron chi connectivity index (χ1n) is 4.86. The highest BCUT2D eigenvalue weighted by atomic mass is 31.2. The van der Waals surface area contributed by atoms with Gasteiger partial charge in [-0.2, -0.15) is 0 Å². The van der Waals surface area contributed by atoms with Gasteiger partial charge in [0.2, 0.25) is 0 Å². The third-order valence-corrected chi connectivity index (χ3v) is 3.00. The second kappa shape index (κ2) is 5.31. The second-order valence-electron chi connectivity index (χ2n) is 3.72. The summed E-state index contributed by atoms with van der Waals surface area (Å²) < 4.78 is 15.1. The smallest absolute Gasteiger partial charge is 0.470 e. The fourth-order valence-electron chi connectivity index (χ4n) is 1.72. The topological polar surface area (TPSA) is 145 Å². The largest absolute Gasteiger partial charge is 0.478 e. The van der Waals surface area contributed by atoms with E-state index in [0.29, 0.717) is 0 Å². The molecule has 1 aliphatic rings. The molecule has 0 fully saturated rings. The summed E-state index contributed by atoms with van der Waals surface area (Å²) in [4.78, 5) is 28.3. The quantitative estimate of drug-likeness (QED) is 0.419. The summed E-state index contributed by atoms with van der Waals surface area (Å²) in [6, 6.07) is 0. The minimum absolute atomic E-state index is 0.163. The van der Waals surface area contributed by atoms with Crippen LogP contribution in [0.3, 0.4) is 0 Å². The maximum atomic E-state index is 10.9. The van der Waals surface area contributed by atoms with Crippen molar-refractivity contribution in [1.82, 2.24) is 0 Å². The fraction of sp³-hybridized carbons (Fsp3) is 0.444. The molecule has 102 valence electrons. The van der Waals surface area contributed by atoms with Gasteiger partial charge in [0.15, 0.2) is 0 Å². The van der Waals surface area contributed by atoms with Crippen LogP contribution in [0, 0.1) is 0 Å². The molecule has 1 rings (SSSR count). The van der Waals surface area contributed by atoms with Crippen molar-refractivity contribution < 1.29 is 39.0 Å². The van der Waals surface area contributed by atoms with Gasteiger partial charge in [-0.15, -0.1) is 0 Å². The van der Waals surface area contributed by atoms with Crippen LogP contribution in [0.2, 0.25) is 0 Å². The van der Waals surface area contributed by atoms with Crippen LogP contribution in [-0.4, -0.2) is 49.4 Å². The predicted octanol–water partition coefficient (Wildman–Crippen LogP) is -0.843. The lowest BCUT2D eigenvalue weighted by atomic mass is 9.85. The molecule has 0 amide bonds. The molecule has 0 bridgehead atoms. The number of phosphoric ester groups is 1. The van der Waals surface area contributed by atoms with Crippen molar-refractivity contribution in [2.24, 2.45) is 0 Å². The van der Waals surface area contributed by atoms with Gasteiger partial charge in [-0.25, -0.2) is 9.36 Å². The zero-order valence-electron chi connectivity index (χ0n) is 9.13. The molecule has 9 heteroatoms. The first-order valence-corrected chi connectivity index (χ1v) is 6.39. The minimum Gasteiger partial charge on any atom is -0.478 e. The molecular formula is C9H13O8P. The summed E-state index contributed by atoms with van der Waals surface area (Å²) >= 11 is 0. The highest BCUT2D eigenvalue weighted by Crippen LogP contribution is 2.42. The second-order valence-corrected chi connectivity index (χ2v) is 4.91. The van der Waals surface area contributed by atoms with E-state index in [1.54, 1.807) is 0 Å². The zero-order chi connectivity index (χ0) is 14.1. The molecule has 3 atom stereocenters. The van der Waals surface area contributed by atoms with Crippen molar-refractivity contribution in [3.05, 3.63) is 23.8 Å². The van der Waals surface area contributed by atoms with Crippen LogP contribution >= 0.6 is 7.82 Å². The lowest BCUT2D eigenvalue weighted by Crippen LogP contribution is -2.44. The molecule has 0 saturated heterocycles. The van der Waals surface area contributed by atoms with Gasteiger partial charge in [0.25, 0.3) is 0 Å². The molecule has 0 aromatic carbocycles. The van der Waals surface area contributed by atoms with E-state index in [-0.39, 0.29) is 17.6 Å². The summed E-state index contributed by atoms with van der Waals surface area (Å²) in [7, 11) is -4.95. The number of rotatable bonds is 4. The zero-order valence-corrected chi connectivity index (χ0v) is 10.0. The van der Waals surface area contributed by atoms with Gasteiger partial charge in [0, 0.05) is 12.0 Å². The molecule has 18 heavy (non-hydrogen) atoms. The van der Waals surface area contributed by atoms with E-state index < -0.39 is 32.1 Å². The summed E-state index contributed by atoms with van der Waals surface area (Å²) in [5.74, 6) is -1.38. The number of aliphatic carboxylic acids is 1. The molecule has 0 unspecified atom stereocenters. The molecule has 0 aliphatic heterocycles. The minimum atomic E-state index is -4.95. The van der Waals surface area contributed by atoms with Crippen LogP contribution in [0.15, 0.2) is 23.8 Å². The highest BCUT2D eigenvalue weighted by molar-refractivity contribution is 7.46. The van der Waals surface area contributed by atoms with E-state index in [4.69, 9.17) is 14.9 Å². The number of hydrogen-bond donors (Lipinski definition) is 5. The Morgan fingerprint density at radius 3 is 2.39 bits per heavy atom. The average Bonchev–Trinajstić information content (AvgIpc) is 2.22. The Bertz CT molecular complexity index is 436. The van der Waals surface area contributed by atoms with Crippen molar-refractivity contribution in [1.29, 1.82) is 0 Å². The van der Waals surface area contributed by atoms with Crippen molar-refractivity contribution >= 4 is 13.8 Å². The summed E-state index contributed by atoms with van der Waals surface area (Å²) in [5, 5.41) is 28.0. The standard InChI is InChI=1S/C9H13O8P/c1-2-4-5(9(12)13)3-6(10)7(11)8(4)17-18(14,15)16/h2,6-8,10-11H,1,3H2,(H,12,13)(H2,14,15,16)/t6-,7+,8-/m1/s1. The van der Waals surface area contributed by atoms with Crippen LogP contribution < -0.4 is 0 Å². The number of phosphoric acid groups is 1. The van der Waals surface area contributed by atoms with E-state index in [2.05, 4.69) is 11.1 Å². The third-order valence-electron chi connectivity index (χ3n) is 2.50. The number of aliphatic hydroxyl groups excluding tert-OH is 2. The monoisotopic (exact) mass is 280 g/mol. The van der Waals surface area contributed by atoms with Gasteiger partial charge >= 0.3 is 13.8 Å². The molecule has 8 nitrogen and oxygen atoms in total. The normalized spacial score (nSPS) is 29.2. The first-order chi connectivity index (χ1) is 8.17. The molecule has 0 aromatic heterocycles. The molecule has 0 heterocycles. The number of aliphatic hydroxyl groups is 2. The molecule has 0 spiro atoms. The molecule has 0 aromatic rings. The Hall–Kier alpha value is -1.02. The summed E-state index contributed by atoms with van der Waals surface area (Å²) in [5.41, 5.74) is -0.468. The number of carboxylic acid groups (broad SMARTS) is 1. The summed E-state index contributed by atoms with van der Waals surface area (Å²) in [6.45, 7) is 3.31. The van der Waals surface area contributed by atoms with E-state index in [9.17, 15) is 19.6 Å². The number of carboxylic acids is 1. The third kappa shape index (κ3) is 3.26. The Morgan fingerprint density at radius 2 is 2.00 bits per heavy atom. The lowest BCUT2D eigenvalue weighted by molar-refractivity contribution is -0.134. The van der Waals surface area contributed by atoms with Gasteiger partial charge < -0.3 is 25.1 Å². The van der Waals surface area contributed by atoms with E-state index in [0.717, 1.165) is 6.08 Å². The van der Waals surface area contributed by atoms with Crippen LogP contribution in [-0.2, 0) is 13.9 Å². The summed E-state index contributed by atoms with van der Waals surface area (Å²) in [6.07, 6.45) is -4.11. The predicted molar refractivity (Wildman–Crippen MR) is 58.4 cm³/mol. The molecule has 0 saturated carbocycles. The SMILES string of the molecule is C=CC1=C(C(=O)O)C[C@@H](O)[C@H](O)[C@@H]1OP(=O)(O)O. The highest BCUT2D eigenvalue weighted by Gasteiger charge is 2.41. The average molecular weight is 280 g/mol. The van der Waals surface area contributed by atoms with Gasteiger partial charge in [0.05, 0.1) is 6.10 Å². The maximum Gasteiger partial charge on any atom is 0.470 e. The number of hydrogen-bond acceptors (Lipinski definition) is 5. The van der Waals surface area contributed by atoms with Crippen molar-refractivity contribution in [2.45, 2.75) is 24.7 Å². The Labute approximate surface area is 102 Å².